The van der Waals surface area contributed by atoms with Crippen LogP contribution in [0.3, 0.4) is 0 Å². The molecule has 0 amide bonds. The molecular formula is C26H40N2O4. The number of hydrogen-bond acceptors (Lipinski definition) is 6. The van der Waals surface area contributed by atoms with E-state index in [9.17, 15) is 10.2 Å². The van der Waals surface area contributed by atoms with Crippen LogP contribution in [0, 0.1) is 17.8 Å². The topological polar surface area (TPSA) is 74.2 Å². The van der Waals surface area contributed by atoms with Crippen LogP contribution >= 0.6 is 0 Å². The van der Waals surface area contributed by atoms with E-state index in [2.05, 4.69) is 22.3 Å². The van der Waals surface area contributed by atoms with Crippen LogP contribution in [0.4, 0.5) is 0 Å². The van der Waals surface area contributed by atoms with E-state index in [1.807, 2.05) is 6.07 Å². The minimum Gasteiger partial charge on any atom is -0.493 e. The van der Waals surface area contributed by atoms with Gasteiger partial charge in [-0.05, 0) is 86.8 Å². The van der Waals surface area contributed by atoms with Crippen LogP contribution in [0.1, 0.15) is 56.9 Å². The standard InChI is InChI=1S/C26H40N2O4/c1-31-25-11-18(15-27-26-12-19-8-20(13-26)10-21(9-19)14-26)2-3-24(25)32-17-23(30)16-28-6-4-22(29)5-7-28/h2-3,11,19-23,27,29-30H,4-10,12-17H2,1H3/t19?,20?,21?,23-,26?/m1/s1. The molecule has 5 fully saturated rings. The smallest absolute Gasteiger partial charge is 0.161 e. The number of β-amino-alcohol motifs (C(OH)–C–C–N with tert-alkyl or cyclic N) is 1. The molecule has 6 heteroatoms. The van der Waals surface area contributed by atoms with Crippen molar-refractivity contribution in [3.63, 3.8) is 0 Å². The molecule has 5 aliphatic rings. The molecule has 1 atom stereocenters. The molecule has 1 saturated heterocycles. The number of nitrogens with one attached hydrogen (secondary N) is 1. The zero-order valence-corrected chi connectivity index (χ0v) is 19.5. The molecule has 0 unspecified atom stereocenters. The minimum absolute atomic E-state index is 0.195. The highest BCUT2D eigenvalue weighted by Crippen LogP contribution is 2.55. The van der Waals surface area contributed by atoms with E-state index in [4.69, 9.17) is 9.47 Å². The SMILES string of the molecule is COc1cc(CNC23CC4CC(CC(C4)C2)C3)ccc1OC[C@H](O)CN1CCC(O)CC1. The Balaban J connectivity index is 1.13. The lowest BCUT2D eigenvalue weighted by Gasteiger charge is -2.57. The first-order valence-electron chi connectivity index (χ1n) is 12.6. The van der Waals surface area contributed by atoms with Gasteiger partial charge < -0.3 is 29.9 Å². The van der Waals surface area contributed by atoms with Gasteiger partial charge in [0.1, 0.15) is 12.7 Å². The molecule has 4 bridgehead atoms. The number of ether oxygens (including phenoxy) is 2. The maximum Gasteiger partial charge on any atom is 0.161 e. The fraction of sp³-hybridized carbons (Fsp3) is 0.769. The number of nitrogens with zero attached hydrogens (tertiary/aromatic N) is 1. The number of aliphatic hydroxyl groups is 2. The zero-order chi connectivity index (χ0) is 22.1. The number of rotatable bonds is 9. The molecule has 3 N–H and O–H groups in total. The summed E-state index contributed by atoms with van der Waals surface area (Å²) in [5, 5.41) is 24.0. The summed E-state index contributed by atoms with van der Waals surface area (Å²) >= 11 is 0. The summed E-state index contributed by atoms with van der Waals surface area (Å²) in [5.74, 6) is 4.24. The van der Waals surface area contributed by atoms with E-state index in [1.165, 1.54) is 44.1 Å². The summed E-state index contributed by atoms with van der Waals surface area (Å²) in [7, 11) is 1.67. The van der Waals surface area contributed by atoms with Crippen molar-refractivity contribution in [2.75, 3.05) is 33.4 Å². The number of aliphatic hydroxyl groups excluding tert-OH is 2. The molecular weight excluding hydrogens is 404 g/mol. The van der Waals surface area contributed by atoms with E-state index >= 15 is 0 Å². The average molecular weight is 445 g/mol. The number of hydrogen-bond donors (Lipinski definition) is 3. The lowest BCUT2D eigenvalue weighted by atomic mass is 9.53. The second-order valence-electron chi connectivity index (χ2n) is 11.0. The third-order valence-corrected chi connectivity index (χ3v) is 8.39. The predicted octanol–water partition coefficient (Wildman–Crippen LogP) is 2.95. The fourth-order valence-electron chi connectivity index (χ4n) is 7.20. The Morgan fingerprint density at radius 2 is 1.72 bits per heavy atom. The third kappa shape index (κ3) is 5.09. The summed E-state index contributed by atoms with van der Waals surface area (Å²) in [6, 6.07) is 6.16. The van der Waals surface area contributed by atoms with Crippen molar-refractivity contribution in [3.05, 3.63) is 23.8 Å². The summed E-state index contributed by atoms with van der Waals surface area (Å²) in [4.78, 5) is 2.19. The van der Waals surface area contributed by atoms with Crippen molar-refractivity contribution in [1.82, 2.24) is 10.2 Å². The summed E-state index contributed by atoms with van der Waals surface area (Å²) < 4.78 is 11.5. The Labute approximate surface area is 192 Å². The highest BCUT2D eigenvalue weighted by atomic mass is 16.5. The summed E-state index contributed by atoms with van der Waals surface area (Å²) in [6.45, 7) is 3.33. The second-order valence-corrected chi connectivity index (χ2v) is 11.0. The minimum atomic E-state index is -0.563. The van der Waals surface area contributed by atoms with Gasteiger partial charge in [-0.2, -0.15) is 0 Å². The van der Waals surface area contributed by atoms with E-state index in [-0.39, 0.29) is 12.7 Å². The molecule has 6 rings (SSSR count). The molecule has 4 aliphatic carbocycles. The number of likely N-dealkylation sites (tertiary alicyclic amines) is 1. The van der Waals surface area contributed by atoms with Crippen molar-refractivity contribution >= 4 is 0 Å². The van der Waals surface area contributed by atoms with Gasteiger partial charge in [0.2, 0.25) is 0 Å². The third-order valence-electron chi connectivity index (χ3n) is 8.39. The Morgan fingerprint density at radius 3 is 2.34 bits per heavy atom. The lowest BCUT2D eigenvalue weighted by molar-refractivity contribution is -0.0206. The van der Waals surface area contributed by atoms with Crippen molar-refractivity contribution in [2.24, 2.45) is 17.8 Å². The van der Waals surface area contributed by atoms with Crippen LogP contribution in [-0.2, 0) is 6.54 Å². The molecule has 0 spiro atoms. The zero-order valence-electron chi connectivity index (χ0n) is 19.5. The molecule has 1 aromatic carbocycles. The Bertz CT molecular complexity index is 742. The van der Waals surface area contributed by atoms with Gasteiger partial charge in [-0.15, -0.1) is 0 Å². The van der Waals surface area contributed by atoms with Gasteiger partial charge in [0.05, 0.1) is 13.2 Å². The van der Waals surface area contributed by atoms with E-state index in [0.29, 0.717) is 17.8 Å². The molecule has 1 aromatic rings. The van der Waals surface area contributed by atoms with Crippen molar-refractivity contribution in [1.29, 1.82) is 0 Å². The highest BCUT2D eigenvalue weighted by Gasteiger charge is 2.50. The quantitative estimate of drug-likeness (QED) is 0.544. The van der Waals surface area contributed by atoms with Crippen LogP contribution in [0.25, 0.3) is 0 Å². The average Bonchev–Trinajstić information content (AvgIpc) is 2.77. The van der Waals surface area contributed by atoms with Crippen LogP contribution in [0.15, 0.2) is 18.2 Å². The number of piperidine rings is 1. The maximum absolute atomic E-state index is 10.4. The first kappa shape index (κ1) is 22.5. The van der Waals surface area contributed by atoms with Crippen molar-refractivity contribution in [3.8, 4) is 11.5 Å². The van der Waals surface area contributed by atoms with E-state index in [1.54, 1.807) is 7.11 Å². The lowest BCUT2D eigenvalue weighted by Crippen LogP contribution is -2.58. The van der Waals surface area contributed by atoms with Crippen molar-refractivity contribution in [2.45, 2.75) is 75.7 Å². The first-order valence-corrected chi connectivity index (χ1v) is 12.6. The van der Waals surface area contributed by atoms with Crippen molar-refractivity contribution < 1.29 is 19.7 Å². The van der Waals surface area contributed by atoms with E-state index in [0.717, 1.165) is 56.0 Å². The van der Waals surface area contributed by atoms with Crippen LogP contribution in [0.5, 0.6) is 11.5 Å². The highest BCUT2D eigenvalue weighted by molar-refractivity contribution is 5.43. The predicted molar refractivity (Wildman–Crippen MR) is 124 cm³/mol. The number of benzene rings is 1. The van der Waals surface area contributed by atoms with Gasteiger partial charge in [0.25, 0.3) is 0 Å². The van der Waals surface area contributed by atoms with Gasteiger partial charge in [0.15, 0.2) is 11.5 Å². The van der Waals surface area contributed by atoms with Crippen LogP contribution in [0.2, 0.25) is 0 Å². The Kier molecular flexibility index (Phi) is 6.66. The molecule has 32 heavy (non-hydrogen) atoms. The Hall–Kier alpha value is -1.34. The molecule has 6 nitrogen and oxygen atoms in total. The van der Waals surface area contributed by atoms with E-state index < -0.39 is 6.10 Å². The van der Waals surface area contributed by atoms with Crippen LogP contribution in [-0.4, -0.2) is 66.2 Å². The summed E-state index contributed by atoms with van der Waals surface area (Å²) in [5.41, 5.74) is 1.57. The molecule has 1 heterocycles. The van der Waals surface area contributed by atoms with Gasteiger partial charge >= 0.3 is 0 Å². The molecule has 0 radical (unpaired) electrons. The van der Waals surface area contributed by atoms with Crippen LogP contribution < -0.4 is 14.8 Å². The first-order chi connectivity index (χ1) is 15.5. The Morgan fingerprint density at radius 1 is 1.06 bits per heavy atom. The molecule has 1 aliphatic heterocycles. The van der Waals surface area contributed by atoms with Gasteiger partial charge in [-0.3, -0.25) is 0 Å². The monoisotopic (exact) mass is 444 g/mol. The number of methoxy groups -OCH3 is 1. The maximum atomic E-state index is 10.4. The molecule has 178 valence electrons. The van der Waals surface area contributed by atoms with Gasteiger partial charge in [-0.1, -0.05) is 6.07 Å². The molecule has 0 aromatic heterocycles. The second kappa shape index (κ2) is 9.49. The largest absolute Gasteiger partial charge is 0.493 e. The fourth-order valence-corrected chi connectivity index (χ4v) is 7.20. The normalized spacial score (nSPS) is 33.4. The molecule has 4 saturated carbocycles. The van der Waals surface area contributed by atoms with Gasteiger partial charge in [-0.25, -0.2) is 0 Å². The summed E-state index contributed by atoms with van der Waals surface area (Å²) in [6.07, 6.45) is 9.25. The van der Waals surface area contributed by atoms with Gasteiger partial charge in [0, 0.05) is 31.7 Å².